The molecule has 1 N–H and O–H groups in total. The van der Waals surface area contributed by atoms with E-state index in [0.29, 0.717) is 9.79 Å². The summed E-state index contributed by atoms with van der Waals surface area (Å²) in [6, 6.07) is 9.39. The summed E-state index contributed by atoms with van der Waals surface area (Å²) in [4.78, 5) is 15.5. The van der Waals surface area contributed by atoms with E-state index >= 15 is 0 Å². The average Bonchev–Trinajstić information content (AvgIpc) is 2.33. The fourth-order valence-electron chi connectivity index (χ4n) is 1.22. The summed E-state index contributed by atoms with van der Waals surface area (Å²) in [7, 11) is 0. The molecule has 2 rings (SSSR count). The van der Waals surface area contributed by atoms with Gasteiger partial charge in [-0.2, -0.15) is 0 Å². The highest BCUT2D eigenvalue weighted by Gasteiger charge is 2.06. The summed E-state index contributed by atoms with van der Waals surface area (Å²) in [5.74, 6) is -1.38. The molecule has 0 saturated carbocycles. The number of hydrogen-bond acceptors (Lipinski definition) is 3. The summed E-state index contributed by atoms with van der Waals surface area (Å²) in [5.41, 5.74) is -0.0251. The lowest BCUT2D eigenvalue weighted by Gasteiger charge is -2.02. The van der Waals surface area contributed by atoms with Crippen LogP contribution >= 0.6 is 11.8 Å². The van der Waals surface area contributed by atoms with Crippen molar-refractivity contribution in [1.82, 2.24) is 4.98 Å². The van der Waals surface area contributed by atoms with Gasteiger partial charge in [0.25, 0.3) is 0 Å². The molecule has 86 valence electrons. The van der Waals surface area contributed by atoms with Crippen molar-refractivity contribution >= 4 is 17.7 Å². The normalized spacial score (nSPS) is 10.2. The van der Waals surface area contributed by atoms with Gasteiger partial charge in [0.1, 0.15) is 11.5 Å². The largest absolute Gasteiger partial charge is 0.477 e. The first-order valence-corrected chi connectivity index (χ1v) is 5.60. The van der Waals surface area contributed by atoms with E-state index in [-0.39, 0.29) is 11.5 Å². The number of carboxylic acids is 1. The van der Waals surface area contributed by atoms with Crippen LogP contribution in [0.15, 0.2) is 52.4 Å². The van der Waals surface area contributed by atoms with Crippen LogP contribution in [0.1, 0.15) is 10.5 Å². The first-order chi connectivity index (χ1) is 8.16. The molecule has 1 aromatic heterocycles. The second-order valence-electron chi connectivity index (χ2n) is 3.22. The van der Waals surface area contributed by atoms with Crippen molar-refractivity contribution in [3.8, 4) is 0 Å². The van der Waals surface area contributed by atoms with Gasteiger partial charge in [-0.3, -0.25) is 0 Å². The number of hydrogen-bond donors (Lipinski definition) is 1. The standard InChI is InChI=1S/C12H8FNO2S/c13-9-3-1-2-4-11(9)17-8-5-6-10(12(15)16)14-7-8/h1-7H,(H,15,16). The van der Waals surface area contributed by atoms with Crippen LogP contribution in [-0.2, 0) is 0 Å². The fourth-order valence-corrected chi connectivity index (χ4v) is 2.03. The predicted octanol–water partition coefficient (Wildman–Crippen LogP) is 3.07. The third-order valence-electron chi connectivity index (χ3n) is 2.02. The Balaban J connectivity index is 2.20. The molecule has 0 unspecified atom stereocenters. The molecule has 0 bridgehead atoms. The van der Waals surface area contributed by atoms with Gasteiger partial charge in [0.05, 0.1) is 0 Å². The molecule has 0 fully saturated rings. The molecule has 0 aliphatic heterocycles. The molecule has 0 aliphatic carbocycles. The van der Waals surface area contributed by atoms with Crippen molar-refractivity contribution in [2.45, 2.75) is 9.79 Å². The average molecular weight is 249 g/mol. The maximum Gasteiger partial charge on any atom is 0.354 e. The highest BCUT2D eigenvalue weighted by atomic mass is 32.2. The van der Waals surface area contributed by atoms with E-state index in [1.807, 2.05) is 0 Å². The molecule has 0 spiro atoms. The number of carboxylic acid groups (broad SMARTS) is 1. The number of carbonyl (C=O) groups is 1. The Morgan fingerprint density at radius 2 is 2.00 bits per heavy atom. The summed E-state index contributed by atoms with van der Waals surface area (Å²) in [6.07, 6.45) is 1.42. The van der Waals surface area contributed by atoms with Crippen molar-refractivity contribution in [1.29, 1.82) is 0 Å². The number of aromatic carboxylic acids is 1. The molecule has 1 heterocycles. The predicted molar refractivity (Wildman–Crippen MR) is 61.7 cm³/mol. The zero-order valence-corrected chi connectivity index (χ0v) is 9.45. The van der Waals surface area contributed by atoms with Gasteiger partial charge in [-0.25, -0.2) is 14.2 Å². The van der Waals surface area contributed by atoms with Crippen LogP contribution < -0.4 is 0 Å². The van der Waals surface area contributed by atoms with Gasteiger partial charge < -0.3 is 5.11 Å². The Hall–Kier alpha value is -1.88. The Morgan fingerprint density at radius 3 is 2.59 bits per heavy atom. The first kappa shape index (κ1) is 11.6. The first-order valence-electron chi connectivity index (χ1n) is 4.78. The number of pyridine rings is 1. The quantitative estimate of drug-likeness (QED) is 0.908. The molecular formula is C12H8FNO2S. The molecule has 1 aromatic carbocycles. The SMILES string of the molecule is O=C(O)c1ccc(Sc2ccccc2F)cn1. The third kappa shape index (κ3) is 2.82. The van der Waals surface area contributed by atoms with Crippen LogP contribution in [0.25, 0.3) is 0 Å². The number of aromatic nitrogens is 1. The second kappa shape index (κ2) is 4.97. The van der Waals surface area contributed by atoms with Gasteiger partial charge >= 0.3 is 5.97 Å². The van der Waals surface area contributed by atoms with Crippen molar-refractivity contribution in [2.75, 3.05) is 0 Å². The van der Waals surface area contributed by atoms with E-state index < -0.39 is 5.97 Å². The number of benzene rings is 1. The summed E-state index contributed by atoms with van der Waals surface area (Å²) >= 11 is 1.20. The zero-order valence-electron chi connectivity index (χ0n) is 8.63. The molecule has 0 amide bonds. The molecule has 0 atom stereocenters. The summed E-state index contributed by atoms with van der Waals surface area (Å²) < 4.78 is 13.3. The molecule has 3 nitrogen and oxygen atoms in total. The minimum Gasteiger partial charge on any atom is -0.477 e. The number of nitrogens with zero attached hydrogens (tertiary/aromatic N) is 1. The van der Waals surface area contributed by atoms with Gasteiger partial charge in [-0.15, -0.1) is 0 Å². The maximum absolute atomic E-state index is 13.3. The van der Waals surface area contributed by atoms with Gasteiger partial charge in [-0.1, -0.05) is 23.9 Å². The van der Waals surface area contributed by atoms with Crippen LogP contribution in [0.5, 0.6) is 0 Å². The second-order valence-corrected chi connectivity index (χ2v) is 4.33. The molecule has 17 heavy (non-hydrogen) atoms. The Bertz CT molecular complexity index is 542. The van der Waals surface area contributed by atoms with E-state index in [1.165, 1.54) is 30.1 Å². The highest BCUT2D eigenvalue weighted by molar-refractivity contribution is 7.99. The van der Waals surface area contributed by atoms with Gasteiger partial charge in [0.15, 0.2) is 0 Å². The summed E-state index contributed by atoms with van der Waals surface area (Å²) in [5, 5.41) is 8.68. The van der Waals surface area contributed by atoms with Crippen LogP contribution in [-0.4, -0.2) is 16.1 Å². The van der Waals surface area contributed by atoms with Crippen LogP contribution in [0.3, 0.4) is 0 Å². The Morgan fingerprint density at radius 1 is 1.24 bits per heavy atom. The lowest BCUT2D eigenvalue weighted by atomic mass is 10.3. The van der Waals surface area contributed by atoms with E-state index in [1.54, 1.807) is 24.3 Å². The molecule has 0 saturated heterocycles. The van der Waals surface area contributed by atoms with Crippen molar-refractivity contribution in [3.63, 3.8) is 0 Å². The van der Waals surface area contributed by atoms with Crippen LogP contribution in [0.2, 0.25) is 0 Å². The van der Waals surface area contributed by atoms with Crippen molar-refractivity contribution in [2.24, 2.45) is 0 Å². The van der Waals surface area contributed by atoms with Crippen molar-refractivity contribution in [3.05, 3.63) is 54.1 Å². The Kier molecular flexibility index (Phi) is 3.39. The molecule has 5 heteroatoms. The van der Waals surface area contributed by atoms with Gasteiger partial charge in [0, 0.05) is 16.0 Å². The van der Waals surface area contributed by atoms with Gasteiger partial charge in [0.2, 0.25) is 0 Å². The fraction of sp³-hybridized carbons (Fsp3) is 0. The molecule has 0 radical (unpaired) electrons. The minimum absolute atomic E-state index is 0.0251. The lowest BCUT2D eigenvalue weighted by Crippen LogP contribution is -1.98. The monoisotopic (exact) mass is 249 g/mol. The van der Waals surface area contributed by atoms with Crippen LogP contribution in [0.4, 0.5) is 4.39 Å². The van der Waals surface area contributed by atoms with E-state index in [2.05, 4.69) is 4.98 Å². The number of halogens is 1. The van der Waals surface area contributed by atoms with E-state index in [9.17, 15) is 9.18 Å². The minimum atomic E-state index is -1.08. The third-order valence-corrected chi connectivity index (χ3v) is 3.05. The Labute approximate surface area is 101 Å². The molecule has 2 aromatic rings. The lowest BCUT2D eigenvalue weighted by molar-refractivity contribution is 0.0690. The maximum atomic E-state index is 13.3. The van der Waals surface area contributed by atoms with Gasteiger partial charge in [-0.05, 0) is 24.3 Å². The smallest absolute Gasteiger partial charge is 0.354 e. The zero-order chi connectivity index (χ0) is 12.3. The van der Waals surface area contributed by atoms with Crippen molar-refractivity contribution < 1.29 is 14.3 Å². The molecular weight excluding hydrogens is 241 g/mol. The van der Waals surface area contributed by atoms with Crippen LogP contribution in [0, 0.1) is 5.82 Å². The molecule has 0 aliphatic rings. The van der Waals surface area contributed by atoms with E-state index in [4.69, 9.17) is 5.11 Å². The summed E-state index contributed by atoms with van der Waals surface area (Å²) in [6.45, 7) is 0. The highest BCUT2D eigenvalue weighted by Crippen LogP contribution is 2.28. The topological polar surface area (TPSA) is 50.2 Å². The number of rotatable bonds is 3. The van der Waals surface area contributed by atoms with E-state index in [0.717, 1.165) is 0 Å².